The van der Waals surface area contributed by atoms with Crippen molar-refractivity contribution in [2.45, 2.75) is 13.8 Å². The van der Waals surface area contributed by atoms with Crippen molar-refractivity contribution in [3.63, 3.8) is 0 Å². The first-order valence-electron chi connectivity index (χ1n) is 7.58. The first kappa shape index (κ1) is 15.0. The van der Waals surface area contributed by atoms with E-state index in [-0.39, 0.29) is 5.91 Å². The molecule has 0 aliphatic rings. The molecular weight excluding hydrogens is 282 g/mol. The van der Waals surface area contributed by atoms with Gasteiger partial charge in [0.1, 0.15) is 0 Å². The van der Waals surface area contributed by atoms with Crippen LogP contribution in [0.3, 0.4) is 0 Å². The molecule has 113 valence electrons. The van der Waals surface area contributed by atoms with Crippen LogP contribution in [0.25, 0.3) is 11.1 Å². The van der Waals surface area contributed by atoms with Crippen LogP contribution in [0.4, 0.5) is 5.69 Å². The van der Waals surface area contributed by atoms with Crippen LogP contribution in [-0.2, 0) is 0 Å². The van der Waals surface area contributed by atoms with Crippen molar-refractivity contribution >= 4 is 11.6 Å². The average Bonchev–Trinajstić information content (AvgIpc) is 2.56. The van der Waals surface area contributed by atoms with Gasteiger partial charge in [-0.25, -0.2) is 0 Å². The monoisotopic (exact) mass is 300 g/mol. The van der Waals surface area contributed by atoms with Crippen molar-refractivity contribution in [2.24, 2.45) is 0 Å². The number of carbonyl (C=O) groups excluding carboxylic acids is 1. The number of hydrogen-bond acceptors (Lipinski definition) is 1. The maximum atomic E-state index is 12.7. The van der Waals surface area contributed by atoms with Crippen molar-refractivity contribution in [1.29, 1.82) is 0 Å². The smallest absolute Gasteiger partial charge is 0.256 e. The third-order valence-electron chi connectivity index (χ3n) is 3.76. The largest absolute Gasteiger partial charge is 0.322 e. The molecule has 0 heterocycles. The molecule has 3 rings (SSSR count). The number of anilines is 1. The van der Waals surface area contributed by atoms with E-state index in [0.717, 1.165) is 22.4 Å². The van der Waals surface area contributed by atoms with Crippen LogP contribution in [0.5, 0.6) is 0 Å². The Morgan fingerprint density at radius 2 is 1.52 bits per heavy atom. The summed E-state index contributed by atoms with van der Waals surface area (Å²) in [5.74, 6) is -0.101. The SMILES string of the molecule is Cc1ccc(-c2ccc(C)cc2C(=O)Nc2cc[c]cc2)cc1. The van der Waals surface area contributed by atoms with E-state index in [1.54, 1.807) is 12.1 Å². The fourth-order valence-electron chi connectivity index (χ4n) is 2.50. The average molecular weight is 300 g/mol. The van der Waals surface area contributed by atoms with Gasteiger partial charge in [-0.3, -0.25) is 4.79 Å². The Labute approximate surface area is 136 Å². The second-order valence-electron chi connectivity index (χ2n) is 5.66. The van der Waals surface area contributed by atoms with Gasteiger partial charge in [0.15, 0.2) is 0 Å². The Kier molecular flexibility index (Phi) is 4.24. The first-order valence-corrected chi connectivity index (χ1v) is 7.58. The highest BCUT2D eigenvalue weighted by Gasteiger charge is 2.13. The van der Waals surface area contributed by atoms with Crippen molar-refractivity contribution in [3.8, 4) is 11.1 Å². The van der Waals surface area contributed by atoms with Crippen LogP contribution < -0.4 is 5.32 Å². The molecule has 0 aliphatic carbocycles. The van der Waals surface area contributed by atoms with E-state index < -0.39 is 0 Å². The van der Waals surface area contributed by atoms with Gasteiger partial charge in [-0.05, 0) is 49.2 Å². The molecule has 0 atom stereocenters. The topological polar surface area (TPSA) is 29.1 Å². The maximum absolute atomic E-state index is 12.7. The lowest BCUT2D eigenvalue weighted by Crippen LogP contribution is -2.13. The highest BCUT2D eigenvalue weighted by Crippen LogP contribution is 2.26. The predicted molar refractivity (Wildman–Crippen MR) is 94.6 cm³/mol. The number of rotatable bonds is 3. The van der Waals surface area contributed by atoms with Crippen molar-refractivity contribution < 1.29 is 4.79 Å². The number of aryl methyl sites for hydroxylation is 2. The van der Waals surface area contributed by atoms with Gasteiger partial charge >= 0.3 is 0 Å². The second-order valence-corrected chi connectivity index (χ2v) is 5.66. The third kappa shape index (κ3) is 3.49. The van der Waals surface area contributed by atoms with Crippen molar-refractivity contribution in [2.75, 3.05) is 5.32 Å². The summed E-state index contributed by atoms with van der Waals surface area (Å²) in [6, 6.07) is 24.4. The number of hydrogen-bond donors (Lipinski definition) is 1. The standard InChI is InChI=1S/C21H18NO/c1-15-8-11-17(12-9-15)19-13-10-16(2)14-20(19)21(23)22-18-6-4-3-5-7-18/h4-14H,1-2H3,(H,22,23). The van der Waals surface area contributed by atoms with E-state index in [4.69, 9.17) is 0 Å². The molecule has 0 fully saturated rings. The normalized spacial score (nSPS) is 10.3. The molecule has 0 bridgehead atoms. The first-order chi connectivity index (χ1) is 11.1. The van der Waals surface area contributed by atoms with Gasteiger partial charge in [-0.2, -0.15) is 0 Å². The minimum atomic E-state index is -0.101. The lowest BCUT2D eigenvalue weighted by atomic mass is 9.96. The molecule has 0 saturated heterocycles. The lowest BCUT2D eigenvalue weighted by molar-refractivity contribution is 0.102. The van der Waals surface area contributed by atoms with Gasteiger partial charge in [-0.15, -0.1) is 0 Å². The summed E-state index contributed by atoms with van der Waals surface area (Å²) in [7, 11) is 0. The molecule has 1 radical (unpaired) electrons. The molecule has 0 saturated carbocycles. The highest BCUT2D eigenvalue weighted by atomic mass is 16.1. The summed E-state index contributed by atoms with van der Waals surface area (Å²) in [4.78, 5) is 12.7. The molecule has 2 nitrogen and oxygen atoms in total. The molecule has 1 N–H and O–H groups in total. The van der Waals surface area contributed by atoms with E-state index in [1.807, 2.05) is 49.4 Å². The summed E-state index contributed by atoms with van der Waals surface area (Å²) in [6.45, 7) is 4.05. The summed E-state index contributed by atoms with van der Waals surface area (Å²) in [5, 5.41) is 2.95. The van der Waals surface area contributed by atoms with Gasteiger partial charge in [0.05, 0.1) is 0 Å². The molecule has 23 heavy (non-hydrogen) atoms. The van der Waals surface area contributed by atoms with Gasteiger partial charge < -0.3 is 5.32 Å². The van der Waals surface area contributed by atoms with Crippen molar-refractivity contribution in [1.82, 2.24) is 0 Å². The lowest BCUT2D eigenvalue weighted by Gasteiger charge is -2.12. The van der Waals surface area contributed by atoms with Crippen molar-refractivity contribution in [3.05, 3.63) is 89.5 Å². The van der Waals surface area contributed by atoms with Gasteiger partial charge in [0, 0.05) is 11.3 Å². The van der Waals surface area contributed by atoms with E-state index in [0.29, 0.717) is 5.56 Å². The summed E-state index contributed by atoms with van der Waals surface area (Å²) < 4.78 is 0. The molecule has 0 aromatic heterocycles. The maximum Gasteiger partial charge on any atom is 0.256 e. The zero-order chi connectivity index (χ0) is 16.2. The molecule has 1 amide bonds. The van der Waals surface area contributed by atoms with Crippen LogP contribution in [-0.4, -0.2) is 5.91 Å². The number of benzene rings is 3. The number of amides is 1. The molecule has 2 heteroatoms. The summed E-state index contributed by atoms with van der Waals surface area (Å²) >= 11 is 0. The molecule has 3 aromatic carbocycles. The molecule has 0 spiro atoms. The van der Waals surface area contributed by atoms with E-state index in [2.05, 4.69) is 30.4 Å². The quantitative estimate of drug-likeness (QED) is 0.722. The van der Waals surface area contributed by atoms with Crippen LogP contribution in [0.2, 0.25) is 0 Å². The van der Waals surface area contributed by atoms with Gasteiger partial charge in [-0.1, -0.05) is 59.7 Å². The van der Waals surface area contributed by atoms with Gasteiger partial charge in [0.25, 0.3) is 5.91 Å². The second kappa shape index (κ2) is 6.49. The predicted octanol–water partition coefficient (Wildman–Crippen LogP) is 5.02. The Hall–Kier alpha value is -2.87. The Morgan fingerprint density at radius 1 is 0.870 bits per heavy atom. The number of carbonyl (C=O) groups is 1. The zero-order valence-corrected chi connectivity index (χ0v) is 13.3. The van der Waals surface area contributed by atoms with Crippen LogP contribution in [0.15, 0.2) is 66.7 Å². The van der Waals surface area contributed by atoms with E-state index >= 15 is 0 Å². The zero-order valence-electron chi connectivity index (χ0n) is 13.3. The Morgan fingerprint density at radius 3 is 2.22 bits per heavy atom. The molecule has 0 aliphatic heterocycles. The summed E-state index contributed by atoms with van der Waals surface area (Å²) in [6.07, 6.45) is 0. The highest BCUT2D eigenvalue weighted by molar-refractivity contribution is 6.08. The molecular formula is C21H18NO. The Bertz CT molecular complexity index is 820. The number of nitrogens with one attached hydrogen (secondary N) is 1. The minimum Gasteiger partial charge on any atom is -0.322 e. The van der Waals surface area contributed by atoms with Crippen LogP contribution >= 0.6 is 0 Å². The van der Waals surface area contributed by atoms with E-state index in [9.17, 15) is 4.79 Å². The molecule has 0 unspecified atom stereocenters. The van der Waals surface area contributed by atoms with Crippen LogP contribution in [0.1, 0.15) is 21.5 Å². The third-order valence-corrected chi connectivity index (χ3v) is 3.76. The van der Waals surface area contributed by atoms with Crippen LogP contribution in [0, 0.1) is 19.9 Å². The summed E-state index contributed by atoms with van der Waals surface area (Å²) in [5.41, 5.74) is 5.70. The fourth-order valence-corrected chi connectivity index (χ4v) is 2.50. The van der Waals surface area contributed by atoms with Gasteiger partial charge in [0.2, 0.25) is 0 Å². The Balaban J connectivity index is 1.99. The minimum absolute atomic E-state index is 0.101. The molecule has 3 aromatic rings. The van der Waals surface area contributed by atoms with E-state index in [1.165, 1.54) is 5.56 Å². The fraction of sp³-hybridized carbons (Fsp3) is 0.0952.